The molecule has 0 aromatic carbocycles. The maximum atomic E-state index is 5.62. The normalized spacial score (nSPS) is 10.1. The number of hydrogen-bond acceptors (Lipinski definition) is 6. The van der Waals surface area contributed by atoms with Gasteiger partial charge >= 0.3 is 12.0 Å². The first-order chi connectivity index (χ1) is 7.26. The minimum Gasteiger partial charge on any atom is -0.467 e. The first-order valence-electron chi connectivity index (χ1n) is 4.33. The Bertz CT molecular complexity index is 311. The minimum absolute atomic E-state index is 0.0450. The van der Waals surface area contributed by atoms with Gasteiger partial charge in [0, 0.05) is 20.1 Å². The van der Waals surface area contributed by atoms with Crippen molar-refractivity contribution in [3.63, 3.8) is 0 Å². The van der Waals surface area contributed by atoms with Crippen LogP contribution in [0.3, 0.4) is 0 Å². The standard InChI is InChI=1S/C8H12ClN3O3/c1-13-4-3-5-15-8-11-6(9)10-7(12-8)14-2/h3-5H2,1-2H3. The molecule has 1 rings (SSSR count). The molecule has 0 unspecified atom stereocenters. The summed E-state index contributed by atoms with van der Waals surface area (Å²) in [7, 11) is 3.07. The van der Waals surface area contributed by atoms with Gasteiger partial charge in [0.1, 0.15) is 0 Å². The van der Waals surface area contributed by atoms with Crippen LogP contribution in [0.15, 0.2) is 0 Å². The Morgan fingerprint density at radius 1 is 1.07 bits per heavy atom. The van der Waals surface area contributed by atoms with Crippen LogP contribution >= 0.6 is 11.6 Å². The molecule has 15 heavy (non-hydrogen) atoms. The molecule has 1 aromatic rings. The number of nitrogens with zero attached hydrogens (tertiary/aromatic N) is 3. The van der Waals surface area contributed by atoms with E-state index in [2.05, 4.69) is 15.0 Å². The van der Waals surface area contributed by atoms with Crippen molar-refractivity contribution < 1.29 is 14.2 Å². The average Bonchev–Trinajstić information content (AvgIpc) is 2.23. The minimum atomic E-state index is 0.0450. The molecule has 0 bridgehead atoms. The molecule has 0 aliphatic carbocycles. The van der Waals surface area contributed by atoms with Crippen LogP contribution in [0.1, 0.15) is 6.42 Å². The van der Waals surface area contributed by atoms with Crippen LogP contribution in [0.25, 0.3) is 0 Å². The van der Waals surface area contributed by atoms with Crippen molar-refractivity contribution in [2.45, 2.75) is 6.42 Å². The summed E-state index contributed by atoms with van der Waals surface area (Å²) in [6, 6.07) is 0.291. The van der Waals surface area contributed by atoms with Gasteiger partial charge in [0.15, 0.2) is 0 Å². The number of halogens is 1. The van der Waals surface area contributed by atoms with Crippen molar-refractivity contribution in [3.8, 4) is 12.0 Å². The van der Waals surface area contributed by atoms with Gasteiger partial charge in [0.05, 0.1) is 13.7 Å². The van der Waals surface area contributed by atoms with Gasteiger partial charge < -0.3 is 14.2 Å². The highest BCUT2D eigenvalue weighted by Crippen LogP contribution is 2.12. The maximum absolute atomic E-state index is 5.62. The smallest absolute Gasteiger partial charge is 0.323 e. The summed E-state index contributed by atoms with van der Waals surface area (Å²) < 4.78 is 14.9. The topological polar surface area (TPSA) is 66.4 Å². The number of rotatable bonds is 6. The SMILES string of the molecule is COCCCOc1nc(Cl)nc(OC)n1. The Labute approximate surface area is 92.6 Å². The largest absolute Gasteiger partial charge is 0.467 e. The van der Waals surface area contributed by atoms with Gasteiger partial charge in [-0.25, -0.2) is 0 Å². The summed E-state index contributed by atoms with van der Waals surface area (Å²) in [4.78, 5) is 11.4. The lowest BCUT2D eigenvalue weighted by molar-refractivity contribution is 0.168. The molecule has 6 nitrogen and oxygen atoms in total. The second kappa shape index (κ2) is 6.36. The molecule has 0 saturated carbocycles. The molecule has 1 aromatic heterocycles. The molecule has 84 valence electrons. The average molecular weight is 234 g/mol. The molecular weight excluding hydrogens is 222 g/mol. The van der Waals surface area contributed by atoms with Crippen LogP contribution < -0.4 is 9.47 Å². The molecular formula is C8H12ClN3O3. The predicted octanol–water partition coefficient (Wildman–Crippen LogP) is 0.949. The molecule has 0 aliphatic heterocycles. The van der Waals surface area contributed by atoms with Crippen LogP contribution in [0.5, 0.6) is 12.0 Å². The summed E-state index contributed by atoms with van der Waals surface area (Å²) in [5.41, 5.74) is 0. The second-order valence-corrected chi connectivity index (χ2v) is 2.91. The first kappa shape index (κ1) is 11.9. The third kappa shape index (κ3) is 4.26. The molecule has 0 fully saturated rings. The Balaban J connectivity index is 2.49. The zero-order valence-corrected chi connectivity index (χ0v) is 9.32. The third-order valence-corrected chi connectivity index (χ3v) is 1.64. The molecule has 0 radical (unpaired) electrons. The fourth-order valence-corrected chi connectivity index (χ4v) is 0.982. The molecule has 0 N–H and O–H groups in total. The fourth-order valence-electron chi connectivity index (χ4n) is 0.837. The summed E-state index contributed by atoms with van der Waals surface area (Å²) >= 11 is 5.62. The fraction of sp³-hybridized carbons (Fsp3) is 0.625. The Morgan fingerprint density at radius 3 is 2.47 bits per heavy atom. The van der Waals surface area contributed by atoms with Crippen LogP contribution in [0.2, 0.25) is 5.28 Å². The van der Waals surface area contributed by atoms with E-state index in [0.29, 0.717) is 13.2 Å². The molecule has 1 heterocycles. The van der Waals surface area contributed by atoms with E-state index in [4.69, 9.17) is 25.8 Å². The number of methoxy groups -OCH3 is 2. The van der Waals surface area contributed by atoms with E-state index >= 15 is 0 Å². The Morgan fingerprint density at radius 2 is 1.80 bits per heavy atom. The van der Waals surface area contributed by atoms with Crippen molar-refractivity contribution in [2.24, 2.45) is 0 Å². The van der Waals surface area contributed by atoms with Crippen LogP contribution in [0, 0.1) is 0 Å². The van der Waals surface area contributed by atoms with Gasteiger partial charge in [-0.1, -0.05) is 0 Å². The molecule has 0 spiro atoms. The highest BCUT2D eigenvalue weighted by molar-refractivity contribution is 6.28. The van der Waals surface area contributed by atoms with Crippen molar-refractivity contribution in [2.75, 3.05) is 27.4 Å². The van der Waals surface area contributed by atoms with Gasteiger partial charge in [-0.3, -0.25) is 0 Å². The summed E-state index contributed by atoms with van der Waals surface area (Å²) in [6.07, 6.45) is 0.752. The van der Waals surface area contributed by atoms with Crippen LogP contribution in [-0.4, -0.2) is 42.4 Å². The predicted molar refractivity (Wildman–Crippen MR) is 53.4 cm³/mol. The van der Waals surface area contributed by atoms with E-state index in [1.54, 1.807) is 7.11 Å². The monoisotopic (exact) mass is 233 g/mol. The zero-order chi connectivity index (χ0) is 11.1. The second-order valence-electron chi connectivity index (χ2n) is 2.57. The Hall–Kier alpha value is -1.14. The van der Waals surface area contributed by atoms with Gasteiger partial charge in [-0.05, 0) is 11.6 Å². The maximum Gasteiger partial charge on any atom is 0.323 e. The first-order valence-corrected chi connectivity index (χ1v) is 4.71. The molecule has 0 atom stereocenters. The number of hydrogen-bond donors (Lipinski definition) is 0. The van der Waals surface area contributed by atoms with Gasteiger partial charge in [-0.2, -0.15) is 9.97 Å². The van der Waals surface area contributed by atoms with E-state index in [1.807, 2.05) is 0 Å². The quantitative estimate of drug-likeness (QED) is 0.682. The lowest BCUT2D eigenvalue weighted by Gasteiger charge is -2.04. The van der Waals surface area contributed by atoms with E-state index in [1.165, 1.54) is 7.11 Å². The van der Waals surface area contributed by atoms with Crippen molar-refractivity contribution >= 4 is 11.6 Å². The van der Waals surface area contributed by atoms with E-state index < -0.39 is 0 Å². The molecule has 0 amide bonds. The van der Waals surface area contributed by atoms with E-state index in [0.717, 1.165) is 6.42 Å². The lowest BCUT2D eigenvalue weighted by Crippen LogP contribution is -2.05. The Kier molecular flexibility index (Phi) is 5.06. The van der Waals surface area contributed by atoms with Crippen molar-refractivity contribution in [1.82, 2.24) is 15.0 Å². The third-order valence-electron chi connectivity index (χ3n) is 1.47. The van der Waals surface area contributed by atoms with Gasteiger partial charge in [0.25, 0.3) is 0 Å². The van der Waals surface area contributed by atoms with Crippen molar-refractivity contribution in [3.05, 3.63) is 5.28 Å². The lowest BCUT2D eigenvalue weighted by atomic mass is 10.5. The summed E-state index contributed by atoms with van der Waals surface area (Å²) in [5.74, 6) is 0. The van der Waals surface area contributed by atoms with E-state index in [9.17, 15) is 0 Å². The van der Waals surface area contributed by atoms with Crippen LogP contribution in [-0.2, 0) is 4.74 Å². The summed E-state index contributed by atoms with van der Waals surface area (Å²) in [5, 5.41) is 0.0450. The van der Waals surface area contributed by atoms with Crippen molar-refractivity contribution in [1.29, 1.82) is 0 Å². The number of ether oxygens (including phenoxy) is 3. The van der Waals surface area contributed by atoms with Gasteiger partial charge in [0.2, 0.25) is 5.28 Å². The zero-order valence-electron chi connectivity index (χ0n) is 8.57. The highest BCUT2D eigenvalue weighted by Gasteiger charge is 2.05. The van der Waals surface area contributed by atoms with Crippen LogP contribution in [0.4, 0.5) is 0 Å². The number of aromatic nitrogens is 3. The molecule has 0 saturated heterocycles. The highest BCUT2D eigenvalue weighted by atomic mass is 35.5. The molecule has 7 heteroatoms. The molecule has 0 aliphatic rings. The summed E-state index contributed by atoms with van der Waals surface area (Å²) in [6.45, 7) is 1.08. The van der Waals surface area contributed by atoms with E-state index in [-0.39, 0.29) is 17.3 Å². The van der Waals surface area contributed by atoms with Gasteiger partial charge in [-0.15, -0.1) is 4.98 Å².